The van der Waals surface area contributed by atoms with E-state index in [-0.39, 0.29) is 5.91 Å². The first-order valence-corrected chi connectivity index (χ1v) is 4.35. The number of hydrogen-bond acceptors (Lipinski definition) is 3. The minimum atomic E-state index is 0.0222. The summed E-state index contributed by atoms with van der Waals surface area (Å²) in [6, 6.07) is 0. The van der Waals surface area contributed by atoms with Crippen molar-refractivity contribution in [2.24, 2.45) is 5.73 Å². The van der Waals surface area contributed by atoms with E-state index >= 15 is 0 Å². The minimum absolute atomic E-state index is 0.0222. The fraction of sp³-hybridized carbons (Fsp3) is 0.875. The summed E-state index contributed by atoms with van der Waals surface area (Å²) in [5, 5.41) is 2.74. The van der Waals surface area contributed by atoms with Crippen molar-refractivity contribution in [1.29, 1.82) is 0 Å². The average molecular weight is 174 g/mol. The van der Waals surface area contributed by atoms with Gasteiger partial charge in [0.1, 0.15) is 0 Å². The summed E-state index contributed by atoms with van der Waals surface area (Å²) < 4.78 is 5.10. The molecule has 0 aliphatic heterocycles. The molecule has 0 radical (unpaired) electrons. The van der Waals surface area contributed by atoms with Crippen molar-refractivity contribution < 1.29 is 9.53 Å². The Bertz CT molecular complexity index is 118. The number of rotatable bonds is 7. The van der Waals surface area contributed by atoms with Gasteiger partial charge in [-0.2, -0.15) is 0 Å². The quantitative estimate of drug-likeness (QED) is 0.529. The van der Waals surface area contributed by atoms with Gasteiger partial charge >= 0.3 is 0 Å². The molecule has 0 atom stereocenters. The maximum atomic E-state index is 10.8. The first-order chi connectivity index (χ1) is 5.81. The van der Waals surface area contributed by atoms with Gasteiger partial charge in [0.05, 0.1) is 0 Å². The van der Waals surface area contributed by atoms with E-state index in [0.29, 0.717) is 26.1 Å². The molecule has 0 fully saturated rings. The Kier molecular flexibility index (Phi) is 8.05. The first-order valence-electron chi connectivity index (χ1n) is 4.35. The van der Waals surface area contributed by atoms with Crippen molar-refractivity contribution in [3.8, 4) is 0 Å². The Labute approximate surface area is 73.5 Å². The van der Waals surface area contributed by atoms with Crippen LogP contribution >= 0.6 is 0 Å². The molecule has 3 N–H and O–H groups in total. The molecule has 0 saturated heterocycles. The van der Waals surface area contributed by atoms with Gasteiger partial charge in [0, 0.05) is 32.7 Å². The van der Waals surface area contributed by atoms with Crippen molar-refractivity contribution in [3.05, 3.63) is 0 Å². The monoisotopic (exact) mass is 174 g/mol. The van der Waals surface area contributed by atoms with E-state index in [0.717, 1.165) is 13.0 Å². The second-order valence-corrected chi connectivity index (χ2v) is 2.44. The average Bonchev–Trinajstić information content (AvgIpc) is 2.05. The topological polar surface area (TPSA) is 64.3 Å². The SMILES string of the molecule is CCOCCCNC(=O)CCN. The van der Waals surface area contributed by atoms with Crippen molar-refractivity contribution >= 4 is 5.91 Å². The lowest BCUT2D eigenvalue weighted by Crippen LogP contribution is -2.27. The molecule has 0 heterocycles. The van der Waals surface area contributed by atoms with Crippen molar-refractivity contribution in [2.75, 3.05) is 26.3 Å². The number of hydrogen-bond donors (Lipinski definition) is 2. The van der Waals surface area contributed by atoms with Gasteiger partial charge in [-0.3, -0.25) is 4.79 Å². The lowest BCUT2D eigenvalue weighted by molar-refractivity contribution is -0.120. The second kappa shape index (κ2) is 8.49. The molecule has 72 valence electrons. The van der Waals surface area contributed by atoms with Gasteiger partial charge in [-0.1, -0.05) is 0 Å². The largest absolute Gasteiger partial charge is 0.382 e. The summed E-state index contributed by atoms with van der Waals surface area (Å²) in [6.45, 7) is 4.49. The van der Waals surface area contributed by atoms with Crippen LogP contribution in [0, 0.1) is 0 Å². The molecule has 0 aromatic rings. The Balaban J connectivity index is 3.03. The molecule has 4 heteroatoms. The number of carbonyl (C=O) groups excluding carboxylic acids is 1. The zero-order valence-electron chi connectivity index (χ0n) is 7.64. The Morgan fingerprint density at radius 2 is 2.33 bits per heavy atom. The Hall–Kier alpha value is -0.610. The third kappa shape index (κ3) is 7.50. The van der Waals surface area contributed by atoms with Crippen molar-refractivity contribution in [1.82, 2.24) is 5.32 Å². The molecule has 1 amide bonds. The van der Waals surface area contributed by atoms with E-state index < -0.39 is 0 Å². The summed E-state index contributed by atoms with van der Waals surface area (Å²) in [7, 11) is 0. The van der Waals surface area contributed by atoms with Gasteiger partial charge in [0.25, 0.3) is 0 Å². The molecule has 0 bridgehead atoms. The molecule has 0 aromatic heterocycles. The van der Waals surface area contributed by atoms with E-state index in [1.54, 1.807) is 0 Å². The van der Waals surface area contributed by atoms with E-state index in [4.69, 9.17) is 10.5 Å². The summed E-state index contributed by atoms with van der Waals surface area (Å²) in [4.78, 5) is 10.8. The Morgan fingerprint density at radius 1 is 1.58 bits per heavy atom. The zero-order chi connectivity index (χ0) is 9.23. The predicted molar refractivity (Wildman–Crippen MR) is 47.8 cm³/mol. The van der Waals surface area contributed by atoms with Crippen LogP contribution in [0.3, 0.4) is 0 Å². The number of nitrogens with two attached hydrogens (primary N) is 1. The maximum Gasteiger partial charge on any atom is 0.221 e. The van der Waals surface area contributed by atoms with E-state index in [1.165, 1.54) is 0 Å². The predicted octanol–water partition coefficient (Wildman–Crippen LogP) is -0.122. The summed E-state index contributed by atoms with van der Waals surface area (Å²) in [5.74, 6) is 0.0222. The molecule has 0 saturated carbocycles. The van der Waals surface area contributed by atoms with Gasteiger partial charge in [-0.05, 0) is 13.3 Å². The zero-order valence-corrected chi connectivity index (χ0v) is 7.64. The summed E-state index contributed by atoms with van der Waals surface area (Å²) in [5.41, 5.74) is 5.20. The molecule has 0 rings (SSSR count). The molecule has 4 nitrogen and oxygen atoms in total. The normalized spacial score (nSPS) is 9.83. The van der Waals surface area contributed by atoms with E-state index in [1.807, 2.05) is 6.92 Å². The van der Waals surface area contributed by atoms with Gasteiger partial charge in [0.15, 0.2) is 0 Å². The molecule has 0 aromatic carbocycles. The highest BCUT2D eigenvalue weighted by molar-refractivity contribution is 5.75. The number of carbonyl (C=O) groups is 1. The van der Waals surface area contributed by atoms with Crippen LogP contribution in [-0.2, 0) is 9.53 Å². The fourth-order valence-electron chi connectivity index (χ4n) is 0.766. The standard InChI is InChI=1S/C8H18N2O2/c1-2-12-7-3-6-10-8(11)4-5-9/h2-7,9H2,1H3,(H,10,11). The van der Waals surface area contributed by atoms with Gasteiger partial charge in [-0.25, -0.2) is 0 Å². The van der Waals surface area contributed by atoms with Crippen LogP contribution in [0.5, 0.6) is 0 Å². The van der Waals surface area contributed by atoms with Crippen LogP contribution in [0.1, 0.15) is 19.8 Å². The number of ether oxygens (including phenoxy) is 1. The van der Waals surface area contributed by atoms with E-state index in [9.17, 15) is 4.79 Å². The molecule has 0 unspecified atom stereocenters. The summed E-state index contributed by atoms with van der Waals surface area (Å²) >= 11 is 0. The van der Waals surface area contributed by atoms with Gasteiger partial charge in [-0.15, -0.1) is 0 Å². The molecule has 12 heavy (non-hydrogen) atoms. The first kappa shape index (κ1) is 11.4. The van der Waals surface area contributed by atoms with Gasteiger partial charge < -0.3 is 15.8 Å². The van der Waals surface area contributed by atoms with E-state index in [2.05, 4.69) is 5.32 Å². The highest BCUT2D eigenvalue weighted by Crippen LogP contribution is 1.81. The molecule has 0 aliphatic carbocycles. The molecule has 0 spiro atoms. The van der Waals surface area contributed by atoms with Crippen LogP contribution in [0.4, 0.5) is 0 Å². The highest BCUT2D eigenvalue weighted by Gasteiger charge is 1.96. The number of amides is 1. The lowest BCUT2D eigenvalue weighted by atomic mass is 10.4. The van der Waals surface area contributed by atoms with Crippen molar-refractivity contribution in [2.45, 2.75) is 19.8 Å². The Morgan fingerprint density at radius 3 is 2.92 bits per heavy atom. The number of nitrogens with one attached hydrogen (secondary N) is 1. The minimum Gasteiger partial charge on any atom is -0.382 e. The van der Waals surface area contributed by atoms with Crippen molar-refractivity contribution in [3.63, 3.8) is 0 Å². The second-order valence-electron chi connectivity index (χ2n) is 2.44. The fourth-order valence-corrected chi connectivity index (χ4v) is 0.766. The third-order valence-corrected chi connectivity index (χ3v) is 1.36. The molecular formula is C8H18N2O2. The smallest absolute Gasteiger partial charge is 0.221 e. The molecule has 0 aliphatic rings. The lowest BCUT2D eigenvalue weighted by Gasteiger charge is -2.03. The summed E-state index contributed by atoms with van der Waals surface area (Å²) in [6.07, 6.45) is 1.28. The van der Waals surface area contributed by atoms with Crippen LogP contribution in [0.25, 0.3) is 0 Å². The highest BCUT2D eigenvalue weighted by atomic mass is 16.5. The maximum absolute atomic E-state index is 10.8. The van der Waals surface area contributed by atoms with Crippen LogP contribution in [-0.4, -0.2) is 32.2 Å². The van der Waals surface area contributed by atoms with Crippen LogP contribution in [0.15, 0.2) is 0 Å². The van der Waals surface area contributed by atoms with Crippen LogP contribution in [0.2, 0.25) is 0 Å². The van der Waals surface area contributed by atoms with Gasteiger partial charge in [0.2, 0.25) is 5.91 Å². The molecular weight excluding hydrogens is 156 g/mol. The van der Waals surface area contributed by atoms with Crippen LogP contribution < -0.4 is 11.1 Å². The third-order valence-electron chi connectivity index (χ3n) is 1.36.